The predicted molar refractivity (Wildman–Crippen MR) is 135 cm³/mol. The number of para-hydroxylation sites is 1. The normalized spacial score (nSPS) is 19.2. The fraction of sp³-hybridized carbons (Fsp3) is 0.423. The van der Waals surface area contributed by atoms with Crippen LogP contribution in [-0.4, -0.2) is 69.7 Å². The van der Waals surface area contributed by atoms with Crippen molar-refractivity contribution >= 4 is 23.4 Å². The van der Waals surface area contributed by atoms with Crippen LogP contribution in [0.25, 0.3) is 11.4 Å². The molecule has 0 unspecified atom stereocenters. The Kier molecular flexibility index (Phi) is 7.34. The predicted octanol–water partition coefficient (Wildman–Crippen LogP) is 4.09. The highest BCUT2D eigenvalue weighted by molar-refractivity contribution is 8.00. The summed E-state index contributed by atoms with van der Waals surface area (Å²) in [6, 6.07) is 16.6. The van der Waals surface area contributed by atoms with Crippen molar-refractivity contribution < 1.29 is 13.9 Å². The van der Waals surface area contributed by atoms with Gasteiger partial charge in [0.05, 0.1) is 17.9 Å². The maximum atomic E-state index is 13.5. The van der Waals surface area contributed by atoms with Gasteiger partial charge >= 0.3 is 0 Å². The molecular formula is C26H30FN5O2S. The van der Waals surface area contributed by atoms with Crippen LogP contribution in [0.1, 0.15) is 19.8 Å². The van der Waals surface area contributed by atoms with Crippen molar-refractivity contribution in [2.75, 3.05) is 37.7 Å². The third-order valence-corrected chi connectivity index (χ3v) is 7.64. The number of halogens is 1. The molecule has 35 heavy (non-hydrogen) atoms. The summed E-state index contributed by atoms with van der Waals surface area (Å²) < 4.78 is 21.4. The van der Waals surface area contributed by atoms with E-state index >= 15 is 0 Å². The molecule has 5 rings (SSSR count). The molecule has 2 aliphatic heterocycles. The van der Waals surface area contributed by atoms with Crippen LogP contribution in [0.2, 0.25) is 0 Å². The van der Waals surface area contributed by atoms with Gasteiger partial charge in [0.2, 0.25) is 5.91 Å². The first-order chi connectivity index (χ1) is 17.1. The minimum absolute atomic E-state index is 0.0848. The summed E-state index contributed by atoms with van der Waals surface area (Å²) >= 11 is 1.43. The standard InChI is InChI=1S/C26H30FN5O2S/c1-19(25(33)31-15-13-30(14-16-31)22-6-3-2-4-7-22)35-26-29-28-24(20-9-11-21(27)12-10-20)32(26)18-23-8-5-17-34-23/h2-4,6-7,9-12,19,23H,5,8,13-18H2,1H3/t19-,23+/m0/s1. The van der Waals surface area contributed by atoms with Crippen LogP contribution in [0.15, 0.2) is 59.8 Å². The Bertz CT molecular complexity index is 1130. The monoisotopic (exact) mass is 495 g/mol. The number of thioether (sulfide) groups is 1. The second-order valence-corrected chi connectivity index (χ2v) is 10.3. The van der Waals surface area contributed by atoms with Crippen molar-refractivity contribution in [2.24, 2.45) is 0 Å². The van der Waals surface area contributed by atoms with Crippen molar-refractivity contribution in [3.05, 3.63) is 60.4 Å². The number of rotatable bonds is 7. The summed E-state index contributed by atoms with van der Waals surface area (Å²) in [5.41, 5.74) is 1.98. The Morgan fingerprint density at radius 3 is 2.51 bits per heavy atom. The number of piperazine rings is 1. The zero-order valence-electron chi connectivity index (χ0n) is 19.8. The second-order valence-electron chi connectivity index (χ2n) is 8.97. The molecule has 3 aromatic rings. The molecule has 1 aromatic heterocycles. The molecule has 2 aliphatic rings. The second kappa shape index (κ2) is 10.8. The van der Waals surface area contributed by atoms with E-state index in [2.05, 4.69) is 27.2 Å². The summed E-state index contributed by atoms with van der Waals surface area (Å²) in [6.07, 6.45) is 2.10. The van der Waals surface area contributed by atoms with Gasteiger partial charge in [-0.2, -0.15) is 0 Å². The number of anilines is 1. The largest absolute Gasteiger partial charge is 0.376 e. The Balaban J connectivity index is 1.28. The van der Waals surface area contributed by atoms with Gasteiger partial charge in [0.25, 0.3) is 0 Å². The van der Waals surface area contributed by atoms with Crippen LogP contribution in [0.5, 0.6) is 0 Å². The third-order valence-electron chi connectivity index (χ3n) is 6.57. The molecule has 0 saturated carbocycles. The first-order valence-corrected chi connectivity index (χ1v) is 13.0. The smallest absolute Gasteiger partial charge is 0.236 e. The lowest BCUT2D eigenvalue weighted by Crippen LogP contribution is -2.50. The van der Waals surface area contributed by atoms with Gasteiger partial charge in [0.15, 0.2) is 11.0 Å². The summed E-state index contributed by atoms with van der Waals surface area (Å²) in [7, 11) is 0. The van der Waals surface area contributed by atoms with E-state index in [-0.39, 0.29) is 23.1 Å². The number of ether oxygens (including phenoxy) is 1. The molecule has 0 radical (unpaired) electrons. The first-order valence-electron chi connectivity index (χ1n) is 12.1. The van der Waals surface area contributed by atoms with Crippen LogP contribution in [0.3, 0.4) is 0 Å². The number of carbonyl (C=O) groups is 1. The van der Waals surface area contributed by atoms with Crippen LogP contribution in [0.4, 0.5) is 10.1 Å². The van der Waals surface area contributed by atoms with Crippen molar-refractivity contribution in [3.63, 3.8) is 0 Å². The minimum atomic E-state index is -0.299. The number of hydrogen-bond donors (Lipinski definition) is 0. The number of carbonyl (C=O) groups excluding carboxylic acids is 1. The highest BCUT2D eigenvalue weighted by Crippen LogP contribution is 2.30. The summed E-state index contributed by atoms with van der Waals surface area (Å²) in [4.78, 5) is 17.5. The van der Waals surface area contributed by atoms with Crippen molar-refractivity contribution in [1.29, 1.82) is 0 Å². The number of aromatic nitrogens is 3. The average molecular weight is 496 g/mol. The highest BCUT2D eigenvalue weighted by Gasteiger charge is 2.28. The van der Waals surface area contributed by atoms with Gasteiger partial charge in [0.1, 0.15) is 5.82 Å². The van der Waals surface area contributed by atoms with Crippen molar-refractivity contribution in [1.82, 2.24) is 19.7 Å². The van der Waals surface area contributed by atoms with Gasteiger partial charge in [-0.3, -0.25) is 9.36 Å². The quantitative estimate of drug-likeness (QED) is 0.460. The zero-order valence-corrected chi connectivity index (χ0v) is 20.7. The molecule has 2 fully saturated rings. The van der Waals surface area contributed by atoms with Gasteiger partial charge in [-0.1, -0.05) is 30.0 Å². The summed E-state index contributed by atoms with van der Waals surface area (Å²) in [5, 5.41) is 9.22. The van der Waals surface area contributed by atoms with Crippen molar-refractivity contribution in [2.45, 2.75) is 42.8 Å². The molecular weight excluding hydrogens is 465 g/mol. The van der Waals surface area contributed by atoms with Gasteiger partial charge in [-0.05, 0) is 56.2 Å². The Labute approximate surface area is 209 Å². The molecule has 3 heterocycles. The third kappa shape index (κ3) is 5.51. The maximum Gasteiger partial charge on any atom is 0.236 e. The maximum absolute atomic E-state index is 13.5. The van der Waals surface area contributed by atoms with Crippen LogP contribution in [-0.2, 0) is 16.1 Å². The Morgan fingerprint density at radius 1 is 1.09 bits per heavy atom. The fourth-order valence-corrected chi connectivity index (χ4v) is 5.58. The molecule has 2 atom stereocenters. The average Bonchev–Trinajstić information content (AvgIpc) is 3.55. The van der Waals surface area contributed by atoms with Gasteiger partial charge in [0, 0.05) is 44.0 Å². The number of amides is 1. The molecule has 9 heteroatoms. The van der Waals surface area contributed by atoms with E-state index in [9.17, 15) is 9.18 Å². The van der Waals surface area contributed by atoms with Crippen LogP contribution >= 0.6 is 11.8 Å². The van der Waals surface area contributed by atoms with E-state index in [0.717, 1.165) is 38.1 Å². The lowest BCUT2D eigenvalue weighted by molar-refractivity contribution is -0.130. The lowest BCUT2D eigenvalue weighted by atomic mass is 10.2. The summed E-state index contributed by atoms with van der Waals surface area (Å²) in [6.45, 7) is 6.32. The van der Waals surface area contributed by atoms with Gasteiger partial charge in [-0.15, -0.1) is 10.2 Å². The van der Waals surface area contributed by atoms with Crippen molar-refractivity contribution in [3.8, 4) is 11.4 Å². The molecule has 2 saturated heterocycles. The topological polar surface area (TPSA) is 63.5 Å². The summed E-state index contributed by atoms with van der Waals surface area (Å²) in [5.74, 6) is 0.483. The van der Waals surface area contributed by atoms with E-state index in [0.29, 0.717) is 30.6 Å². The molecule has 2 aromatic carbocycles. The van der Waals surface area contributed by atoms with E-state index in [4.69, 9.17) is 4.74 Å². The van der Waals surface area contributed by atoms with Gasteiger partial charge < -0.3 is 14.5 Å². The first kappa shape index (κ1) is 23.8. The number of nitrogens with zero attached hydrogens (tertiary/aromatic N) is 5. The SMILES string of the molecule is C[C@H](Sc1nnc(-c2ccc(F)cc2)n1C[C@H]1CCCO1)C(=O)N1CCN(c2ccccc2)CC1. The highest BCUT2D eigenvalue weighted by atomic mass is 32.2. The van der Waals surface area contributed by atoms with E-state index in [1.54, 1.807) is 12.1 Å². The Hall–Kier alpha value is -2.91. The lowest BCUT2D eigenvalue weighted by Gasteiger charge is -2.37. The zero-order chi connectivity index (χ0) is 24.2. The van der Waals surface area contributed by atoms with Gasteiger partial charge in [-0.25, -0.2) is 4.39 Å². The molecule has 184 valence electrons. The van der Waals surface area contributed by atoms with E-state index in [1.807, 2.05) is 34.6 Å². The molecule has 0 bridgehead atoms. The van der Waals surface area contributed by atoms with E-state index < -0.39 is 0 Å². The van der Waals surface area contributed by atoms with Crippen LogP contribution < -0.4 is 4.90 Å². The molecule has 0 N–H and O–H groups in total. The minimum Gasteiger partial charge on any atom is -0.376 e. The Morgan fingerprint density at radius 2 is 1.83 bits per heavy atom. The van der Waals surface area contributed by atoms with Crippen LogP contribution in [0, 0.1) is 5.82 Å². The molecule has 7 nitrogen and oxygen atoms in total. The molecule has 1 amide bonds. The fourth-order valence-electron chi connectivity index (χ4n) is 4.63. The molecule has 0 aliphatic carbocycles. The number of hydrogen-bond acceptors (Lipinski definition) is 6. The number of benzene rings is 2. The van der Waals surface area contributed by atoms with E-state index in [1.165, 1.54) is 29.6 Å². The molecule has 0 spiro atoms.